The van der Waals surface area contributed by atoms with Crippen LogP contribution in [0.3, 0.4) is 0 Å². The highest BCUT2D eigenvalue weighted by molar-refractivity contribution is 6.08. The molecule has 0 N–H and O–H groups in total. The third kappa shape index (κ3) is 6.32. The normalized spacial score (nSPS) is 15.1. The van der Waals surface area contributed by atoms with Gasteiger partial charge in [-0.2, -0.15) is 0 Å². The van der Waals surface area contributed by atoms with E-state index in [1.807, 2.05) is 65.3 Å². The number of aromatic nitrogens is 2. The van der Waals surface area contributed by atoms with Crippen LogP contribution in [0.25, 0.3) is 0 Å². The molecule has 0 saturated carbocycles. The van der Waals surface area contributed by atoms with E-state index in [0.29, 0.717) is 49.2 Å². The van der Waals surface area contributed by atoms with Gasteiger partial charge in [0.2, 0.25) is 0 Å². The number of anilines is 1. The average Bonchev–Trinajstić information content (AvgIpc) is 2.96. The second kappa shape index (κ2) is 12.5. The number of rotatable bonds is 5. The van der Waals surface area contributed by atoms with Crippen LogP contribution < -0.4 is 9.64 Å². The molecule has 3 aromatic rings. The number of hydrogen-bond donors (Lipinski definition) is 0. The van der Waals surface area contributed by atoms with Crippen molar-refractivity contribution in [3.63, 3.8) is 0 Å². The Morgan fingerprint density at radius 3 is 2.41 bits per heavy atom. The average molecular weight is 502 g/mol. The third-order valence-electron chi connectivity index (χ3n) is 6.62. The number of nitrogens with zero attached hydrogens (tertiary/aromatic N) is 5. The molecule has 1 aromatic heterocycles. The summed E-state index contributed by atoms with van der Waals surface area (Å²) in [6.45, 7) is 9.74. The summed E-state index contributed by atoms with van der Waals surface area (Å²) in [7, 11) is 0. The maximum atomic E-state index is 14.0. The van der Waals surface area contributed by atoms with Gasteiger partial charge in [-0.3, -0.25) is 14.5 Å². The lowest BCUT2D eigenvalue weighted by molar-refractivity contribution is 0.0711. The molecule has 0 spiro atoms. The van der Waals surface area contributed by atoms with E-state index in [4.69, 9.17) is 4.74 Å². The van der Waals surface area contributed by atoms with Gasteiger partial charge in [0.1, 0.15) is 12.1 Å². The largest absolute Gasteiger partial charge is 0.493 e. The quantitative estimate of drug-likeness (QED) is 0.519. The van der Waals surface area contributed by atoms with Crippen LogP contribution in [-0.4, -0.2) is 70.4 Å². The number of carbonyl (C=O) groups is 2. The van der Waals surface area contributed by atoms with Crippen molar-refractivity contribution in [1.82, 2.24) is 19.8 Å². The van der Waals surface area contributed by atoms with E-state index in [0.717, 1.165) is 30.8 Å². The highest BCUT2D eigenvalue weighted by Crippen LogP contribution is 2.28. The zero-order valence-corrected chi connectivity index (χ0v) is 21.8. The summed E-state index contributed by atoms with van der Waals surface area (Å²) in [6, 6.07) is 15.5. The van der Waals surface area contributed by atoms with Crippen molar-refractivity contribution in [2.24, 2.45) is 0 Å². The molecule has 1 aliphatic rings. The van der Waals surface area contributed by atoms with Crippen molar-refractivity contribution < 1.29 is 14.3 Å². The zero-order valence-electron chi connectivity index (χ0n) is 21.8. The molecule has 0 bridgehead atoms. The predicted molar refractivity (Wildman–Crippen MR) is 144 cm³/mol. The number of carbonyl (C=O) groups excluding carboxylic acids is 2. The van der Waals surface area contributed by atoms with Gasteiger partial charge in [-0.05, 0) is 51.0 Å². The summed E-state index contributed by atoms with van der Waals surface area (Å²) in [4.78, 5) is 41.6. The minimum Gasteiger partial charge on any atom is -0.493 e. The van der Waals surface area contributed by atoms with Crippen LogP contribution in [-0.2, 0) is 6.54 Å². The van der Waals surface area contributed by atoms with E-state index in [1.165, 1.54) is 6.33 Å². The van der Waals surface area contributed by atoms with Crippen molar-refractivity contribution in [2.75, 3.05) is 37.7 Å². The Balaban J connectivity index is 1.75. The first kappa shape index (κ1) is 26.3. The van der Waals surface area contributed by atoms with Gasteiger partial charge in [-0.1, -0.05) is 30.3 Å². The van der Waals surface area contributed by atoms with Crippen molar-refractivity contribution in [2.45, 2.75) is 39.8 Å². The Morgan fingerprint density at radius 2 is 1.65 bits per heavy atom. The van der Waals surface area contributed by atoms with E-state index in [1.54, 1.807) is 12.4 Å². The Kier molecular flexibility index (Phi) is 8.85. The van der Waals surface area contributed by atoms with E-state index >= 15 is 0 Å². The second-order valence-electron chi connectivity index (χ2n) is 9.35. The summed E-state index contributed by atoms with van der Waals surface area (Å²) < 4.78 is 5.78. The number of hydrogen-bond acceptors (Lipinski definition) is 6. The van der Waals surface area contributed by atoms with Gasteiger partial charge >= 0.3 is 0 Å². The first-order valence-corrected chi connectivity index (χ1v) is 12.9. The minimum absolute atomic E-state index is 0.110. The Labute approximate surface area is 218 Å². The molecule has 0 saturated heterocycles. The summed E-state index contributed by atoms with van der Waals surface area (Å²) in [5.74, 6) is 0.339. The molecule has 0 aliphatic carbocycles. The number of fused-ring (bicyclic) bond motifs is 1. The number of benzene rings is 2. The van der Waals surface area contributed by atoms with Gasteiger partial charge in [-0.15, -0.1) is 0 Å². The highest BCUT2D eigenvalue weighted by Gasteiger charge is 2.26. The van der Waals surface area contributed by atoms with Crippen LogP contribution in [0, 0.1) is 0 Å². The Bertz CT molecular complexity index is 1200. The van der Waals surface area contributed by atoms with Gasteiger partial charge in [0.05, 0.1) is 17.7 Å². The van der Waals surface area contributed by atoms with Crippen LogP contribution in [0.4, 0.5) is 5.69 Å². The molecule has 194 valence electrons. The first-order chi connectivity index (χ1) is 18.0. The van der Waals surface area contributed by atoms with Crippen LogP contribution in [0.1, 0.15) is 53.5 Å². The van der Waals surface area contributed by atoms with Gasteiger partial charge in [-0.25, -0.2) is 9.97 Å². The highest BCUT2D eigenvalue weighted by atomic mass is 16.5. The maximum Gasteiger partial charge on any atom is 0.262 e. The zero-order chi connectivity index (χ0) is 26.2. The van der Waals surface area contributed by atoms with Crippen molar-refractivity contribution in [3.8, 4) is 5.75 Å². The lowest BCUT2D eigenvalue weighted by Gasteiger charge is -2.30. The van der Waals surface area contributed by atoms with Crippen LogP contribution in [0.2, 0.25) is 0 Å². The lowest BCUT2D eigenvalue weighted by Crippen LogP contribution is -2.41. The molecule has 2 heterocycles. The SMILES string of the molecule is CCOc1ccccc1C(=O)N1CCCN(C(C)C)CCN(C(=O)c2cncnc2)Cc2ccccc21. The van der Waals surface area contributed by atoms with Gasteiger partial charge in [0.25, 0.3) is 11.8 Å². The van der Waals surface area contributed by atoms with E-state index in [9.17, 15) is 9.59 Å². The summed E-state index contributed by atoms with van der Waals surface area (Å²) >= 11 is 0. The molecule has 37 heavy (non-hydrogen) atoms. The van der Waals surface area contributed by atoms with Gasteiger partial charge in [0.15, 0.2) is 0 Å². The van der Waals surface area contributed by atoms with Crippen LogP contribution in [0.5, 0.6) is 5.75 Å². The predicted octanol–water partition coefficient (Wildman–Crippen LogP) is 4.28. The van der Waals surface area contributed by atoms with E-state index in [2.05, 4.69) is 28.7 Å². The number of para-hydroxylation sites is 2. The van der Waals surface area contributed by atoms with E-state index < -0.39 is 0 Å². The molecule has 8 nitrogen and oxygen atoms in total. The van der Waals surface area contributed by atoms with E-state index in [-0.39, 0.29) is 11.8 Å². The summed E-state index contributed by atoms with van der Waals surface area (Å²) in [6.07, 6.45) is 5.32. The molecule has 2 aromatic carbocycles. The van der Waals surface area contributed by atoms with Crippen LogP contribution in [0.15, 0.2) is 67.3 Å². The molecule has 8 heteroatoms. The molecule has 0 fully saturated rings. The molecule has 0 radical (unpaired) electrons. The number of ether oxygens (including phenoxy) is 1. The molecular formula is C29H35N5O3. The minimum atomic E-state index is -0.127. The molecule has 2 amide bonds. The van der Waals surface area contributed by atoms with Crippen LogP contribution >= 0.6 is 0 Å². The molecular weight excluding hydrogens is 466 g/mol. The van der Waals surface area contributed by atoms with Gasteiger partial charge in [0, 0.05) is 56.8 Å². The first-order valence-electron chi connectivity index (χ1n) is 12.9. The molecule has 4 rings (SSSR count). The maximum absolute atomic E-state index is 14.0. The third-order valence-corrected chi connectivity index (χ3v) is 6.62. The Morgan fingerprint density at radius 1 is 0.919 bits per heavy atom. The fourth-order valence-corrected chi connectivity index (χ4v) is 4.67. The number of amides is 2. The monoisotopic (exact) mass is 501 g/mol. The smallest absolute Gasteiger partial charge is 0.262 e. The van der Waals surface area contributed by atoms with Crippen molar-refractivity contribution in [1.29, 1.82) is 0 Å². The molecule has 1 aliphatic heterocycles. The lowest BCUT2D eigenvalue weighted by atomic mass is 10.1. The second-order valence-corrected chi connectivity index (χ2v) is 9.35. The summed E-state index contributed by atoms with van der Waals surface area (Å²) in [5.41, 5.74) is 2.69. The van der Waals surface area contributed by atoms with Gasteiger partial charge < -0.3 is 14.5 Å². The standard InChI is InChI=1S/C29H35N5O3/c1-4-37-27-13-8-6-11-25(27)29(36)34-15-9-14-32(22(2)3)16-17-33(20-23-10-5-7-12-26(23)34)28(35)24-18-30-21-31-19-24/h5-8,10-13,18-19,21-22H,4,9,14-17,20H2,1-3H3. The Hall–Kier alpha value is -3.78. The summed E-state index contributed by atoms with van der Waals surface area (Å²) in [5, 5.41) is 0. The van der Waals surface area contributed by atoms with Crippen molar-refractivity contribution >= 4 is 17.5 Å². The van der Waals surface area contributed by atoms with Crippen molar-refractivity contribution in [3.05, 3.63) is 83.9 Å². The molecule has 0 unspecified atom stereocenters. The fraction of sp³-hybridized carbons (Fsp3) is 0.379. The fourth-order valence-electron chi connectivity index (χ4n) is 4.67. The topological polar surface area (TPSA) is 78.9 Å². The molecule has 0 atom stereocenters.